The third-order valence-electron chi connectivity index (χ3n) is 4.04. The van der Waals surface area contributed by atoms with Crippen LogP contribution in [0.25, 0.3) is 0 Å². The summed E-state index contributed by atoms with van der Waals surface area (Å²) in [6, 6.07) is 3.81. The quantitative estimate of drug-likeness (QED) is 0.561. The zero-order valence-corrected chi connectivity index (χ0v) is 14.7. The lowest BCUT2D eigenvalue weighted by atomic mass is 9.94. The lowest BCUT2D eigenvalue weighted by molar-refractivity contribution is -0.427. The van der Waals surface area contributed by atoms with E-state index >= 15 is 0 Å². The second-order valence-electron chi connectivity index (χ2n) is 6.20. The lowest BCUT2D eigenvalue weighted by Gasteiger charge is -2.34. The Morgan fingerprint density at radius 1 is 1.40 bits per heavy atom. The van der Waals surface area contributed by atoms with Crippen LogP contribution in [0.1, 0.15) is 12.8 Å². The van der Waals surface area contributed by atoms with Crippen LogP contribution >= 0.6 is 11.6 Å². The Labute approximate surface area is 150 Å². The van der Waals surface area contributed by atoms with Crippen LogP contribution in [0.2, 0.25) is 5.02 Å². The second-order valence-corrected chi connectivity index (χ2v) is 6.60. The molecule has 9 heteroatoms. The Balaban J connectivity index is 1.96. The molecule has 1 heterocycles. The Morgan fingerprint density at radius 2 is 2.16 bits per heavy atom. The van der Waals surface area contributed by atoms with Gasteiger partial charge in [0.1, 0.15) is 11.9 Å². The van der Waals surface area contributed by atoms with Crippen molar-refractivity contribution in [3.63, 3.8) is 0 Å². The molecule has 1 aromatic rings. The number of nitrogens with two attached hydrogens (primary N) is 1. The SMILES string of the molecule is NCCCNC(=O)N1C[C@H]([NH3+])C[C@H](C(=O)Nc2ccc(Cl)c(F)c2)C1. The fourth-order valence-corrected chi connectivity index (χ4v) is 2.90. The van der Waals surface area contributed by atoms with Crippen LogP contribution in [0.3, 0.4) is 0 Å². The van der Waals surface area contributed by atoms with Gasteiger partial charge in [-0.3, -0.25) is 4.79 Å². The van der Waals surface area contributed by atoms with Gasteiger partial charge in [-0.25, -0.2) is 9.18 Å². The first kappa shape index (κ1) is 19.4. The summed E-state index contributed by atoms with van der Waals surface area (Å²) in [6.07, 6.45) is 1.26. The van der Waals surface area contributed by atoms with Gasteiger partial charge in [-0.1, -0.05) is 11.6 Å². The molecule has 0 saturated carbocycles. The zero-order chi connectivity index (χ0) is 18.4. The first-order valence-electron chi connectivity index (χ1n) is 8.22. The molecule has 2 atom stereocenters. The minimum atomic E-state index is -0.598. The highest BCUT2D eigenvalue weighted by atomic mass is 35.5. The molecule has 0 aromatic heterocycles. The van der Waals surface area contributed by atoms with Gasteiger partial charge >= 0.3 is 6.03 Å². The van der Waals surface area contributed by atoms with Crippen molar-refractivity contribution in [3.8, 4) is 0 Å². The van der Waals surface area contributed by atoms with E-state index in [1.807, 2.05) is 0 Å². The fraction of sp³-hybridized carbons (Fsp3) is 0.500. The monoisotopic (exact) mass is 372 g/mol. The molecule has 0 aliphatic carbocycles. The van der Waals surface area contributed by atoms with Gasteiger partial charge in [-0.2, -0.15) is 0 Å². The molecule has 1 saturated heterocycles. The topological polar surface area (TPSA) is 115 Å². The molecule has 0 spiro atoms. The van der Waals surface area contributed by atoms with Gasteiger partial charge in [0.2, 0.25) is 5.91 Å². The smallest absolute Gasteiger partial charge is 0.317 e. The maximum absolute atomic E-state index is 13.5. The summed E-state index contributed by atoms with van der Waals surface area (Å²) < 4.78 is 13.5. The number of rotatable bonds is 5. The van der Waals surface area contributed by atoms with E-state index in [1.54, 1.807) is 4.90 Å². The molecule has 2 rings (SSSR count). The maximum Gasteiger partial charge on any atom is 0.317 e. The molecule has 7 N–H and O–H groups in total. The number of carbonyl (C=O) groups is 2. The first-order valence-corrected chi connectivity index (χ1v) is 8.60. The number of hydrogen-bond donors (Lipinski definition) is 4. The Bertz CT molecular complexity index is 631. The summed E-state index contributed by atoms with van der Waals surface area (Å²) >= 11 is 5.64. The molecular weight excluding hydrogens is 349 g/mol. The standard InChI is InChI=1S/C16H23ClFN5O2/c17-13-3-2-12(7-14(13)18)22-15(24)10-6-11(20)9-23(8-10)16(25)21-5-1-4-19/h2-3,7,10-11H,1,4-6,8-9,19-20H2,(H,21,25)(H,22,24)/p+1/t10-,11+/m0/s1. The van der Waals surface area contributed by atoms with E-state index in [2.05, 4.69) is 16.4 Å². The van der Waals surface area contributed by atoms with E-state index in [1.165, 1.54) is 18.2 Å². The summed E-state index contributed by atoms with van der Waals surface area (Å²) in [6.45, 7) is 1.78. The van der Waals surface area contributed by atoms with E-state index in [9.17, 15) is 14.0 Å². The highest BCUT2D eigenvalue weighted by Crippen LogP contribution is 2.21. The van der Waals surface area contributed by atoms with Gasteiger partial charge in [0.15, 0.2) is 0 Å². The van der Waals surface area contributed by atoms with E-state index < -0.39 is 11.7 Å². The largest absolute Gasteiger partial charge is 0.354 e. The highest BCUT2D eigenvalue weighted by Gasteiger charge is 2.34. The first-order chi connectivity index (χ1) is 11.9. The minimum absolute atomic E-state index is 0.00573. The molecule has 0 bridgehead atoms. The number of hydrogen-bond acceptors (Lipinski definition) is 3. The summed E-state index contributed by atoms with van der Waals surface area (Å²) in [5.41, 5.74) is 9.73. The van der Waals surface area contributed by atoms with E-state index in [4.69, 9.17) is 17.3 Å². The van der Waals surface area contributed by atoms with Crippen molar-refractivity contribution >= 4 is 29.2 Å². The highest BCUT2D eigenvalue weighted by molar-refractivity contribution is 6.30. The number of piperidine rings is 1. The number of halogens is 2. The van der Waals surface area contributed by atoms with Gasteiger partial charge in [-0.05, 0) is 31.2 Å². The van der Waals surface area contributed by atoms with Crippen molar-refractivity contribution in [3.05, 3.63) is 29.0 Å². The number of nitrogens with zero attached hydrogens (tertiary/aromatic N) is 1. The predicted molar refractivity (Wildman–Crippen MR) is 93.5 cm³/mol. The normalized spacial score (nSPS) is 20.2. The Morgan fingerprint density at radius 3 is 2.84 bits per heavy atom. The van der Waals surface area contributed by atoms with Crippen LogP contribution in [0.4, 0.5) is 14.9 Å². The third kappa shape index (κ3) is 5.55. The molecule has 25 heavy (non-hydrogen) atoms. The molecule has 7 nitrogen and oxygen atoms in total. The van der Waals surface area contributed by atoms with Crippen LogP contribution in [-0.2, 0) is 4.79 Å². The molecule has 1 aliphatic rings. The van der Waals surface area contributed by atoms with Gasteiger partial charge in [0, 0.05) is 25.2 Å². The van der Waals surface area contributed by atoms with Crippen LogP contribution in [0.15, 0.2) is 18.2 Å². The van der Waals surface area contributed by atoms with E-state index in [0.29, 0.717) is 44.7 Å². The number of benzene rings is 1. The number of likely N-dealkylation sites (tertiary alicyclic amines) is 1. The van der Waals surface area contributed by atoms with Crippen molar-refractivity contribution in [1.29, 1.82) is 0 Å². The summed E-state index contributed by atoms with van der Waals surface area (Å²) in [4.78, 5) is 26.2. The average Bonchev–Trinajstić information content (AvgIpc) is 2.57. The fourth-order valence-electron chi connectivity index (χ4n) is 2.79. The maximum atomic E-state index is 13.5. The molecule has 3 amide bonds. The predicted octanol–water partition coefficient (Wildman–Crippen LogP) is 0.408. The Kier molecular flexibility index (Phi) is 6.98. The van der Waals surface area contributed by atoms with Crippen molar-refractivity contribution in [1.82, 2.24) is 10.2 Å². The number of urea groups is 1. The number of carbonyl (C=O) groups excluding carboxylic acids is 2. The zero-order valence-electron chi connectivity index (χ0n) is 13.9. The molecule has 1 fully saturated rings. The van der Waals surface area contributed by atoms with Crippen LogP contribution < -0.4 is 22.1 Å². The molecule has 1 aliphatic heterocycles. The summed E-state index contributed by atoms with van der Waals surface area (Å²) in [5, 5.41) is 5.45. The molecule has 1 aromatic carbocycles. The summed E-state index contributed by atoms with van der Waals surface area (Å²) in [5.74, 6) is -1.27. The number of quaternary nitrogens is 1. The number of nitrogens with one attached hydrogen (secondary N) is 2. The average molecular weight is 373 g/mol. The third-order valence-corrected chi connectivity index (χ3v) is 4.35. The van der Waals surface area contributed by atoms with Gasteiger partial charge in [0.05, 0.1) is 17.5 Å². The van der Waals surface area contributed by atoms with Crippen LogP contribution in [-0.4, -0.2) is 49.1 Å². The molecule has 0 unspecified atom stereocenters. The number of anilines is 1. The van der Waals surface area contributed by atoms with Crippen molar-refractivity contribution < 1.29 is 19.7 Å². The minimum Gasteiger partial charge on any atom is -0.354 e. The van der Waals surface area contributed by atoms with Crippen molar-refractivity contribution in [2.45, 2.75) is 18.9 Å². The van der Waals surface area contributed by atoms with Gasteiger partial charge < -0.3 is 27.0 Å². The van der Waals surface area contributed by atoms with Crippen molar-refractivity contribution in [2.24, 2.45) is 11.7 Å². The molecule has 0 radical (unpaired) electrons. The summed E-state index contributed by atoms with van der Waals surface area (Å²) in [7, 11) is 0. The van der Waals surface area contributed by atoms with Gasteiger partial charge in [-0.15, -0.1) is 0 Å². The van der Waals surface area contributed by atoms with Crippen LogP contribution in [0, 0.1) is 11.7 Å². The van der Waals surface area contributed by atoms with E-state index in [0.717, 1.165) is 0 Å². The number of amides is 3. The Hall–Kier alpha value is -1.90. The molecular formula is C16H24ClFN5O2+. The second kappa shape index (κ2) is 8.98. The lowest BCUT2D eigenvalue weighted by Crippen LogP contribution is -2.70. The molecule has 138 valence electrons. The van der Waals surface area contributed by atoms with E-state index in [-0.39, 0.29) is 23.0 Å². The van der Waals surface area contributed by atoms with Gasteiger partial charge in [0.25, 0.3) is 0 Å². The van der Waals surface area contributed by atoms with Crippen LogP contribution in [0.5, 0.6) is 0 Å². The van der Waals surface area contributed by atoms with Crippen molar-refractivity contribution in [2.75, 3.05) is 31.5 Å².